The van der Waals surface area contributed by atoms with Gasteiger partial charge in [-0.15, -0.1) is 0 Å². The topological polar surface area (TPSA) is 72.3 Å². The van der Waals surface area contributed by atoms with E-state index in [-0.39, 0.29) is 12.6 Å². The lowest BCUT2D eigenvalue weighted by Crippen LogP contribution is -2.02. The first-order valence-corrected chi connectivity index (χ1v) is 4.02. The molecule has 13 heavy (non-hydrogen) atoms. The van der Waals surface area contributed by atoms with E-state index in [1.165, 1.54) is 0 Å². The summed E-state index contributed by atoms with van der Waals surface area (Å²) in [5, 5.41) is 8.59. The summed E-state index contributed by atoms with van der Waals surface area (Å²) >= 11 is 0. The number of carboxylic acid groups (broad SMARTS) is 1. The Kier molecular flexibility index (Phi) is 4.77. The number of hydrogen-bond acceptors (Lipinski definition) is 2. The van der Waals surface area contributed by atoms with Gasteiger partial charge in [-0.05, 0) is 17.5 Å². The summed E-state index contributed by atoms with van der Waals surface area (Å²) in [5.74, 6) is -0.768. The molecule has 0 aliphatic carbocycles. The number of carboxylic acids is 1. The predicted octanol–water partition coefficient (Wildman–Crippen LogP) is 2.04. The van der Waals surface area contributed by atoms with Crippen molar-refractivity contribution in [1.29, 1.82) is 0 Å². The van der Waals surface area contributed by atoms with Crippen molar-refractivity contribution in [2.24, 2.45) is 0 Å². The molecular formula is C10H15NO2. The third-order valence-electron chi connectivity index (χ3n) is 1.84. The third-order valence-corrected chi connectivity index (χ3v) is 1.84. The molecule has 72 valence electrons. The van der Waals surface area contributed by atoms with Gasteiger partial charge in [-0.3, -0.25) is 4.79 Å². The molecule has 0 saturated heterocycles. The number of aryl methyl sites for hydroxylation is 1. The lowest BCUT2D eigenvalue weighted by molar-refractivity contribution is -0.136. The van der Waals surface area contributed by atoms with E-state index < -0.39 is 5.97 Å². The van der Waals surface area contributed by atoms with E-state index in [4.69, 9.17) is 5.11 Å². The van der Waals surface area contributed by atoms with Crippen LogP contribution in [0.3, 0.4) is 0 Å². The van der Waals surface area contributed by atoms with Crippen LogP contribution in [-0.4, -0.2) is 11.1 Å². The SMILES string of the molecule is CCc1ccccc1CC(=O)O.N. The van der Waals surface area contributed by atoms with Crippen LogP contribution in [0.2, 0.25) is 0 Å². The van der Waals surface area contributed by atoms with Gasteiger partial charge in [0.25, 0.3) is 0 Å². The fourth-order valence-electron chi connectivity index (χ4n) is 1.24. The zero-order valence-corrected chi connectivity index (χ0v) is 7.79. The Hall–Kier alpha value is -1.35. The maximum Gasteiger partial charge on any atom is 0.307 e. The van der Waals surface area contributed by atoms with E-state index in [2.05, 4.69) is 0 Å². The highest BCUT2D eigenvalue weighted by molar-refractivity contribution is 5.70. The average Bonchev–Trinajstić information content (AvgIpc) is 2.04. The van der Waals surface area contributed by atoms with Gasteiger partial charge in [0, 0.05) is 0 Å². The Bertz CT molecular complexity index is 284. The van der Waals surface area contributed by atoms with E-state index >= 15 is 0 Å². The first-order valence-electron chi connectivity index (χ1n) is 4.02. The summed E-state index contributed by atoms with van der Waals surface area (Å²) in [6.45, 7) is 2.03. The Morgan fingerprint density at radius 1 is 1.31 bits per heavy atom. The molecule has 3 nitrogen and oxygen atoms in total. The summed E-state index contributed by atoms with van der Waals surface area (Å²) in [6, 6.07) is 7.65. The number of aliphatic carboxylic acids is 1. The fraction of sp³-hybridized carbons (Fsp3) is 0.300. The molecule has 0 unspecified atom stereocenters. The minimum Gasteiger partial charge on any atom is -0.481 e. The highest BCUT2D eigenvalue weighted by Gasteiger charge is 2.03. The van der Waals surface area contributed by atoms with Crippen molar-refractivity contribution in [3.05, 3.63) is 35.4 Å². The van der Waals surface area contributed by atoms with Gasteiger partial charge in [0.05, 0.1) is 6.42 Å². The molecule has 0 aliphatic heterocycles. The molecule has 0 spiro atoms. The smallest absolute Gasteiger partial charge is 0.307 e. The number of rotatable bonds is 3. The molecule has 0 atom stereocenters. The molecule has 0 saturated carbocycles. The highest BCUT2D eigenvalue weighted by atomic mass is 16.4. The van der Waals surface area contributed by atoms with Crippen molar-refractivity contribution in [1.82, 2.24) is 6.15 Å². The van der Waals surface area contributed by atoms with Gasteiger partial charge in [0.15, 0.2) is 0 Å². The molecule has 0 radical (unpaired) electrons. The van der Waals surface area contributed by atoms with E-state index in [0.717, 1.165) is 17.5 Å². The second-order valence-electron chi connectivity index (χ2n) is 2.69. The molecule has 0 bridgehead atoms. The highest BCUT2D eigenvalue weighted by Crippen LogP contribution is 2.09. The summed E-state index contributed by atoms with van der Waals surface area (Å²) in [6.07, 6.45) is 1.02. The molecule has 1 rings (SSSR count). The van der Waals surface area contributed by atoms with E-state index in [0.29, 0.717) is 0 Å². The Balaban J connectivity index is 0.00000144. The Morgan fingerprint density at radius 2 is 1.85 bits per heavy atom. The molecular weight excluding hydrogens is 166 g/mol. The molecule has 1 aromatic carbocycles. The number of carbonyl (C=O) groups is 1. The zero-order chi connectivity index (χ0) is 8.97. The number of hydrogen-bond donors (Lipinski definition) is 2. The van der Waals surface area contributed by atoms with Crippen LogP contribution in [0.25, 0.3) is 0 Å². The van der Waals surface area contributed by atoms with Crippen molar-refractivity contribution in [2.75, 3.05) is 0 Å². The molecule has 0 aromatic heterocycles. The standard InChI is InChI=1S/C10H12O2.H3N/c1-2-8-5-3-4-6-9(8)7-10(11)12;/h3-6H,2,7H2,1H3,(H,11,12);1H3. The second-order valence-corrected chi connectivity index (χ2v) is 2.69. The lowest BCUT2D eigenvalue weighted by Gasteiger charge is -2.03. The van der Waals surface area contributed by atoms with Crippen LogP contribution in [0.1, 0.15) is 18.1 Å². The quantitative estimate of drug-likeness (QED) is 0.749. The normalized spacial score (nSPS) is 9.00. The van der Waals surface area contributed by atoms with Crippen LogP contribution in [0.15, 0.2) is 24.3 Å². The van der Waals surface area contributed by atoms with E-state index in [9.17, 15) is 4.79 Å². The van der Waals surface area contributed by atoms with Crippen molar-refractivity contribution in [2.45, 2.75) is 19.8 Å². The van der Waals surface area contributed by atoms with Gasteiger partial charge < -0.3 is 11.3 Å². The zero-order valence-electron chi connectivity index (χ0n) is 7.79. The molecule has 1 aromatic rings. The second kappa shape index (κ2) is 5.32. The van der Waals surface area contributed by atoms with Crippen molar-refractivity contribution in [3.63, 3.8) is 0 Å². The minimum absolute atomic E-state index is 0. The van der Waals surface area contributed by atoms with E-state index in [1.807, 2.05) is 31.2 Å². The van der Waals surface area contributed by atoms with Gasteiger partial charge in [-0.25, -0.2) is 0 Å². The van der Waals surface area contributed by atoms with Gasteiger partial charge >= 0.3 is 5.97 Å². The van der Waals surface area contributed by atoms with Gasteiger partial charge in [-0.1, -0.05) is 31.2 Å². The largest absolute Gasteiger partial charge is 0.481 e. The summed E-state index contributed by atoms with van der Waals surface area (Å²) in [5.41, 5.74) is 2.05. The molecule has 4 N–H and O–H groups in total. The summed E-state index contributed by atoms with van der Waals surface area (Å²) < 4.78 is 0. The van der Waals surface area contributed by atoms with Crippen LogP contribution in [0, 0.1) is 0 Å². The van der Waals surface area contributed by atoms with Crippen LogP contribution >= 0.6 is 0 Å². The fourth-order valence-corrected chi connectivity index (χ4v) is 1.24. The minimum atomic E-state index is -0.768. The number of benzene rings is 1. The van der Waals surface area contributed by atoms with Crippen LogP contribution < -0.4 is 6.15 Å². The van der Waals surface area contributed by atoms with E-state index in [1.54, 1.807) is 0 Å². The third kappa shape index (κ3) is 3.25. The van der Waals surface area contributed by atoms with Crippen molar-refractivity contribution < 1.29 is 9.90 Å². The molecule has 0 heterocycles. The predicted molar refractivity (Wildman–Crippen MR) is 52.2 cm³/mol. The molecule has 3 heteroatoms. The summed E-state index contributed by atoms with van der Waals surface area (Å²) in [7, 11) is 0. The maximum atomic E-state index is 10.4. The van der Waals surface area contributed by atoms with Crippen LogP contribution in [0.4, 0.5) is 0 Å². The summed E-state index contributed by atoms with van der Waals surface area (Å²) in [4.78, 5) is 10.4. The van der Waals surface area contributed by atoms with Crippen LogP contribution in [0.5, 0.6) is 0 Å². The monoisotopic (exact) mass is 181 g/mol. The van der Waals surface area contributed by atoms with Gasteiger partial charge in [0.1, 0.15) is 0 Å². The van der Waals surface area contributed by atoms with Crippen molar-refractivity contribution in [3.8, 4) is 0 Å². The first-order chi connectivity index (χ1) is 5.74. The maximum absolute atomic E-state index is 10.4. The first kappa shape index (κ1) is 11.6. The molecule has 0 amide bonds. The van der Waals surface area contributed by atoms with Crippen molar-refractivity contribution >= 4 is 5.97 Å². The molecule has 0 fully saturated rings. The van der Waals surface area contributed by atoms with Gasteiger partial charge in [0.2, 0.25) is 0 Å². The molecule has 0 aliphatic rings. The van der Waals surface area contributed by atoms with Gasteiger partial charge in [-0.2, -0.15) is 0 Å². The Morgan fingerprint density at radius 3 is 2.31 bits per heavy atom. The van der Waals surface area contributed by atoms with Crippen LogP contribution in [-0.2, 0) is 17.6 Å². The average molecular weight is 181 g/mol. The lowest BCUT2D eigenvalue weighted by atomic mass is 10.0. The Labute approximate surface area is 78.0 Å².